The molecule has 3 rings (SSSR count). The van der Waals surface area contributed by atoms with E-state index in [1.165, 1.54) is 18.3 Å². The fourth-order valence-electron chi connectivity index (χ4n) is 3.12. The Morgan fingerprint density at radius 2 is 1.92 bits per heavy atom. The summed E-state index contributed by atoms with van der Waals surface area (Å²) in [6.07, 6.45) is 5.14. The van der Waals surface area contributed by atoms with E-state index in [-0.39, 0.29) is 11.3 Å². The highest BCUT2D eigenvalue weighted by atomic mass is 19.3. The fraction of sp³-hybridized carbons (Fsp3) is 0.438. The second-order valence-electron chi connectivity index (χ2n) is 5.85. The largest absolute Gasteiger partial charge is 0.434 e. The molecule has 2 fully saturated rings. The number of benzene rings is 1. The molecule has 0 bridgehead atoms. The second-order valence-corrected chi connectivity index (χ2v) is 5.85. The molecule has 3 amide bonds. The Balaban J connectivity index is 1.80. The standard InChI is InChI=1S/C16H17F2N3O3/c17-14(18)24-12-7-3-2-6-11(12)10-19-21-13(22)16(20-15(21)23)8-4-1-5-9-16/h2-3,6-7,10,14H,1,4-5,8-9H2,(H,20,23)/b19-10-. The number of urea groups is 1. The first-order valence-electron chi connectivity index (χ1n) is 7.76. The topological polar surface area (TPSA) is 71.0 Å². The van der Waals surface area contributed by atoms with E-state index in [0.29, 0.717) is 12.8 Å². The maximum atomic E-state index is 12.6. The van der Waals surface area contributed by atoms with Gasteiger partial charge in [0, 0.05) is 5.56 Å². The maximum Gasteiger partial charge on any atom is 0.387 e. The molecule has 2 aliphatic rings. The summed E-state index contributed by atoms with van der Waals surface area (Å²) in [5.74, 6) is -0.466. The van der Waals surface area contributed by atoms with Crippen molar-refractivity contribution in [1.29, 1.82) is 0 Å². The average molecular weight is 337 g/mol. The third-order valence-corrected chi connectivity index (χ3v) is 4.29. The molecular formula is C16H17F2N3O3. The van der Waals surface area contributed by atoms with Gasteiger partial charge in [-0.3, -0.25) is 4.79 Å². The van der Waals surface area contributed by atoms with Gasteiger partial charge in [0.15, 0.2) is 0 Å². The van der Waals surface area contributed by atoms with Crippen LogP contribution in [0.4, 0.5) is 13.6 Å². The van der Waals surface area contributed by atoms with E-state index in [1.807, 2.05) is 0 Å². The van der Waals surface area contributed by atoms with Crippen molar-refractivity contribution in [3.8, 4) is 5.75 Å². The molecule has 1 heterocycles. The van der Waals surface area contributed by atoms with Crippen LogP contribution in [0.25, 0.3) is 0 Å². The van der Waals surface area contributed by atoms with Gasteiger partial charge in [-0.2, -0.15) is 13.9 Å². The molecule has 1 aromatic rings. The average Bonchev–Trinajstić information content (AvgIpc) is 2.77. The van der Waals surface area contributed by atoms with Gasteiger partial charge < -0.3 is 10.1 Å². The third-order valence-electron chi connectivity index (χ3n) is 4.29. The Hall–Kier alpha value is -2.51. The minimum Gasteiger partial charge on any atom is -0.434 e. The number of rotatable bonds is 4. The number of ether oxygens (including phenoxy) is 1. The summed E-state index contributed by atoms with van der Waals surface area (Å²) < 4.78 is 29.2. The zero-order valence-corrected chi connectivity index (χ0v) is 12.9. The van der Waals surface area contributed by atoms with Crippen molar-refractivity contribution in [2.45, 2.75) is 44.3 Å². The van der Waals surface area contributed by atoms with Crippen LogP contribution in [0.3, 0.4) is 0 Å². The maximum absolute atomic E-state index is 12.6. The van der Waals surface area contributed by atoms with E-state index in [4.69, 9.17) is 0 Å². The smallest absolute Gasteiger partial charge is 0.387 e. The van der Waals surface area contributed by atoms with Crippen LogP contribution in [0.5, 0.6) is 5.75 Å². The van der Waals surface area contributed by atoms with Gasteiger partial charge in [0.25, 0.3) is 5.91 Å². The van der Waals surface area contributed by atoms with Gasteiger partial charge in [-0.25, -0.2) is 4.79 Å². The number of halogens is 2. The number of nitrogens with one attached hydrogen (secondary N) is 1. The van der Waals surface area contributed by atoms with Crippen LogP contribution < -0.4 is 10.1 Å². The molecule has 0 atom stereocenters. The number of nitrogens with zero attached hydrogens (tertiary/aromatic N) is 2. The Morgan fingerprint density at radius 1 is 1.21 bits per heavy atom. The molecule has 128 valence electrons. The van der Waals surface area contributed by atoms with Crippen molar-refractivity contribution in [3.63, 3.8) is 0 Å². The summed E-state index contributed by atoms with van der Waals surface area (Å²) >= 11 is 0. The van der Waals surface area contributed by atoms with Gasteiger partial charge >= 0.3 is 12.6 Å². The van der Waals surface area contributed by atoms with Gasteiger partial charge in [0.1, 0.15) is 11.3 Å². The number of amides is 3. The first-order chi connectivity index (χ1) is 11.5. The highest BCUT2D eigenvalue weighted by Gasteiger charge is 2.51. The quantitative estimate of drug-likeness (QED) is 0.678. The van der Waals surface area contributed by atoms with Crippen molar-refractivity contribution >= 4 is 18.2 Å². The Morgan fingerprint density at radius 3 is 2.62 bits per heavy atom. The lowest BCUT2D eigenvalue weighted by atomic mass is 9.82. The lowest BCUT2D eigenvalue weighted by Gasteiger charge is -2.29. The minimum absolute atomic E-state index is 0.0734. The molecule has 8 heteroatoms. The molecule has 1 saturated carbocycles. The molecule has 1 aliphatic heterocycles. The molecule has 0 radical (unpaired) electrons. The SMILES string of the molecule is O=C1NC2(CCCCC2)C(=O)N1/N=C\c1ccccc1OC(F)F. The molecule has 1 aromatic carbocycles. The number of hydrogen-bond acceptors (Lipinski definition) is 4. The molecule has 0 aromatic heterocycles. The number of para-hydroxylation sites is 1. The van der Waals surface area contributed by atoms with Crippen LogP contribution in [-0.4, -0.2) is 35.3 Å². The van der Waals surface area contributed by atoms with Gasteiger partial charge in [-0.1, -0.05) is 31.4 Å². The summed E-state index contributed by atoms with van der Waals surface area (Å²) in [4.78, 5) is 24.6. The van der Waals surface area contributed by atoms with Crippen molar-refractivity contribution in [3.05, 3.63) is 29.8 Å². The number of hydrazone groups is 1. The summed E-state index contributed by atoms with van der Waals surface area (Å²) in [5, 5.41) is 7.39. The van der Waals surface area contributed by atoms with Crippen molar-refractivity contribution < 1.29 is 23.1 Å². The molecule has 0 unspecified atom stereocenters. The van der Waals surface area contributed by atoms with Crippen molar-refractivity contribution in [2.24, 2.45) is 5.10 Å². The molecule has 1 saturated heterocycles. The van der Waals surface area contributed by atoms with Gasteiger partial charge in [-0.05, 0) is 25.0 Å². The Kier molecular flexibility index (Phi) is 4.46. The Bertz CT molecular complexity index is 672. The van der Waals surface area contributed by atoms with Crippen LogP contribution in [0.1, 0.15) is 37.7 Å². The summed E-state index contributed by atoms with van der Waals surface area (Å²) in [6.45, 7) is -2.97. The first-order valence-corrected chi connectivity index (χ1v) is 7.76. The van der Waals surface area contributed by atoms with Gasteiger partial charge in [-0.15, -0.1) is 5.01 Å². The zero-order valence-electron chi connectivity index (χ0n) is 12.9. The van der Waals surface area contributed by atoms with Crippen molar-refractivity contribution in [1.82, 2.24) is 10.3 Å². The fourth-order valence-corrected chi connectivity index (χ4v) is 3.12. The molecule has 1 spiro atoms. The van der Waals surface area contributed by atoms with E-state index >= 15 is 0 Å². The lowest BCUT2D eigenvalue weighted by Crippen LogP contribution is -2.48. The first kappa shape index (κ1) is 16.4. The van der Waals surface area contributed by atoms with E-state index in [0.717, 1.165) is 24.3 Å². The van der Waals surface area contributed by atoms with Gasteiger partial charge in [0.05, 0.1) is 6.21 Å². The minimum atomic E-state index is -2.97. The summed E-state index contributed by atoms with van der Waals surface area (Å²) in [6, 6.07) is 5.44. The van der Waals surface area contributed by atoms with Crippen LogP contribution in [-0.2, 0) is 4.79 Å². The molecule has 24 heavy (non-hydrogen) atoms. The number of imide groups is 1. The highest BCUT2D eigenvalue weighted by molar-refractivity contribution is 6.07. The van der Waals surface area contributed by atoms with E-state index in [1.54, 1.807) is 12.1 Å². The van der Waals surface area contributed by atoms with E-state index in [2.05, 4.69) is 15.2 Å². The number of carbonyl (C=O) groups is 2. The number of carbonyl (C=O) groups excluding carboxylic acids is 2. The van der Waals surface area contributed by atoms with Crippen molar-refractivity contribution in [2.75, 3.05) is 0 Å². The lowest BCUT2D eigenvalue weighted by molar-refractivity contribution is -0.132. The molecular weight excluding hydrogens is 320 g/mol. The predicted octanol–water partition coefficient (Wildman–Crippen LogP) is 2.88. The van der Waals surface area contributed by atoms with Crippen LogP contribution in [0.15, 0.2) is 29.4 Å². The molecule has 1 aliphatic carbocycles. The normalized spacial score (nSPS) is 20.2. The predicted molar refractivity (Wildman–Crippen MR) is 81.9 cm³/mol. The van der Waals surface area contributed by atoms with Crippen LogP contribution in [0, 0.1) is 0 Å². The zero-order chi connectivity index (χ0) is 17.2. The van der Waals surface area contributed by atoms with Crippen LogP contribution in [0.2, 0.25) is 0 Å². The summed E-state index contributed by atoms with van der Waals surface area (Å²) in [5.41, 5.74) is -0.617. The number of alkyl halides is 2. The molecule has 1 N–H and O–H groups in total. The monoisotopic (exact) mass is 337 g/mol. The van der Waals surface area contributed by atoms with E-state index < -0.39 is 24.1 Å². The third kappa shape index (κ3) is 3.08. The molecule has 6 nitrogen and oxygen atoms in total. The van der Waals surface area contributed by atoms with Gasteiger partial charge in [0.2, 0.25) is 0 Å². The van der Waals surface area contributed by atoms with E-state index in [9.17, 15) is 18.4 Å². The number of hydrogen-bond donors (Lipinski definition) is 1. The second kappa shape index (κ2) is 6.54. The summed E-state index contributed by atoms with van der Waals surface area (Å²) in [7, 11) is 0. The Labute approximate surface area is 137 Å². The van der Waals surface area contributed by atoms with Crippen LogP contribution >= 0.6 is 0 Å². The highest BCUT2D eigenvalue weighted by Crippen LogP contribution is 2.33.